The number of carbonyl (C=O) groups is 8. The number of nitrogens with one attached hydrogen (secondary N) is 2. The summed E-state index contributed by atoms with van der Waals surface area (Å²) >= 11 is 0. The van der Waals surface area contributed by atoms with Gasteiger partial charge in [0.15, 0.2) is 34.7 Å². The van der Waals surface area contributed by atoms with E-state index < -0.39 is 0 Å². The van der Waals surface area contributed by atoms with Gasteiger partial charge in [0.05, 0.1) is 0 Å². The molecule has 0 saturated carbocycles. The molecular formula is C35H37N3O8. The van der Waals surface area contributed by atoms with E-state index in [4.69, 9.17) is 5.73 Å². The van der Waals surface area contributed by atoms with E-state index in [1.165, 1.54) is 77.9 Å². The van der Waals surface area contributed by atoms with Crippen LogP contribution >= 0.6 is 0 Å². The molecule has 0 spiro atoms. The summed E-state index contributed by atoms with van der Waals surface area (Å²) in [4.78, 5) is 93.2. The highest BCUT2D eigenvalue weighted by atomic mass is 16.2. The molecule has 240 valence electrons. The number of hydrogen-bond donors (Lipinski definition) is 3. The predicted molar refractivity (Wildman–Crippen MR) is 175 cm³/mol. The van der Waals surface area contributed by atoms with E-state index in [1.54, 1.807) is 18.2 Å². The summed E-state index contributed by atoms with van der Waals surface area (Å²) in [7, 11) is 0. The number of ketones is 6. The molecule has 0 bridgehead atoms. The van der Waals surface area contributed by atoms with E-state index in [-0.39, 0.29) is 65.8 Å². The number of anilines is 3. The van der Waals surface area contributed by atoms with Crippen molar-refractivity contribution in [2.75, 3.05) is 16.4 Å². The summed E-state index contributed by atoms with van der Waals surface area (Å²) in [6, 6.07) is 13.6. The van der Waals surface area contributed by atoms with E-state index in [0.29, 0.717) is 50.4 Å². The van der Waals surface area contributed by atoms with Crippen molar-refractivity contribution in [1.29, 1.82) is 0 Å². The molecule has 2 amide bonds. The van der Waals surface area contributed by atoms with Gasteiger partial charge in [-0.2, -0.15) is 0 Å². The lowest BCUT2D eigenvalue weighted by atomic mass is 10.0. The molecule has 3 rings (SSSR count). The number of nitrogens with two attached hydrogens (primary N) is 1. The van der Waals surface area contributed by atoms with Crippen molar-refractivity contribution in [3.8, 4) is 0 Å². The molecule has 0 aromatic heterocycles. The number of hydrogen-bond acceptors (Lipinski definition) is 9. The Hall–Kier alpha value is -5.58. The summed E-state index contributed by atoms with van der Waals surface area (Å²) in [5.74, 6) is -1.83. The molecule has 3 aromatic rings. The fraction of sp³-hybridized carbons (Fsp3) is 0.257. The quantitative estimate of drug-likeness (QED) is 0.162. The van der Waals surface area contributed by atoms with Gasteiger partial charge < -0.3 is 16.4 Å². The van der Waals surface area contributed by atoms with Gasteiger partial charge in [-0.05, 0) is 103 Å². The summed E-state index contributed by atoms with van der Waals surface area (Å²) in [6.45, 7) is 8.37. The Labute approximate surface area is 266 Å². The predicted octanol–water partition coefficient (Wildman–Crippen LogP) is 5.92. The van der Waals surface area contributed by atoms with Gasteiger partial charge in [0, 0.05) is 63.3 Å². The minimum absolute atomic E-state index is 0.0410. The first-order valence-corrected chi connectivity index (χ1v) is 14.3. The molecule has 0 aliphatic rings. The molecule has 46 heavy (non-hydrogen) atoms. The van der Waals surface area contributed by atoms with Crippen LogP contribution in [0.2, 0.25) is 0 Å². The smallest absolute Gasteiger partial charge is 0.224 e. The lowest BCUT2D eigenvalue weighted by Crippen LogP contribution is -2.16. The van der Waals surface area contributed by atoms with Crippen molar-refractivity contribution in [2.24, 2.45) is 0 Å². The van der Waals surface area contributed by atoms with Gasteiger partial charge in [-0.15, -0.1) is 0 Å². The van der Waals surface area contributed by atoms with Gasteiger partial charge in [-0.3, -0.25) is 38.4 Å². The van der Waals surface area contributed by atoms with E-state index in [2.05, 4.69) is 10.6 Å². The molecule has 0 radical (unpaired) electrons. The third-order valence-electron chi connectivity index (χ3n) is 6.64. The SMILES string of the molecule is CC(=O)c1cc(N)cc(C(C)=O)c1.CC(=O)c1cc(NC(=O)CCCC(=O)Nc2cc(C(C)=O)cc(C(C)=O)c2)cc(C(C)=O)c1. The van der Waals surface area contributed by atoms with Gasteiger partial charge in [0.1, 0.15) is 0 Å². The van der Waals surface area contributed by atoms with Crippen LogP contribution in [0.25, 0.3) is 0 Å². The zero-order chi connectivity index (χ0) is 34.7. The first-order chi connectivity index (χ1) is 21.5. The minimum atomic E-state index is -0.365. The Kier molecular flexibility index (Phi) is 13.1. The second-order valence-electron chi connectivity index (χ2n) is 10.7. The van der Waals surface area contributed by atoms with E-state index in [1.807, 2.05) is 0 Å². The van der Waals surface area contributed by atoms with E-state index >= 15 is 0 Å². The Morgan fingerprint density at radius 3 is 0.913 bits per heavy atom. The third kappa shape index (κ3) is 11.5. The molecule has 0 heterocycles. The van der Waals surface area contributed by atoms with Crippen molar-refractivity contribution in [1.82, 2.24) is 0 Å². The molecule has 11 heteroatoms. The fourth-order valence-electron chi connectivity index (χ4n) is 4.13. The highest BCUT2D eigenvalue weighted by Crippen LogP contribution is 2.19. The number of Topliss-reactive ketones (excluding diaryl/α,β-unsaturated/α-hetero) is 6. The van der Waals surface area contributed by atoms with Crippen LogP contribution in [-0.4, -0.2) is 46.5 Å². The van der Waals surface area contributed by atoms with Gasteiger partial charge in [-0.1, -0.05) is 0 Å². The van der Waals surface area contributed by atoms with Crippen molar-refractivity contribution < 1.29 is 38.4 Å². The van der Waals surface area contributed by atoms with Gasteiger partial charge >= 0.3 is 0 Å². The van der Waals surface area contributed by atoms with Crippen LogP contribution < -0.4 is 16.4 Å². The van der Waals surface area contributed by atoms with Crippen LogP contribution in [0.15, 0.2) is 54.6 Å². The number of rotatable bonds is 12. The molecule has 0 saturated heterocycles. The zero-order valence-corrected chi connectivity index (χ0v) is 26.7. The topological polar surface area (TPSA) is 187 Å². The zero-order valence-electron chi connectivity index (χ0n) is 26.7. The summed E-state index contributed by atoms with van der Waals surface area (Å²) in [5.41, 5.74) is 8.85. The molecule has 0 fully saturated rings. The Balaban J connectivity index is 0.000000471. The molecule has 0 unspecified atom stereocenters. The number of amides is 2. The number of benzene rings is 3. The van der Waals surface area contributed by atoms with Gasteiger partial charge in [0.25, 0.3) is 0 Å². The van der Waals surface area contributed by atoms with Crippen molar-refractivity contribution >= 4 is 63.6 Å². The highest BCUT2D eigenvalue weighted by molar-refractivity contribution is 6.04. The first kappa shape index (κ1) is 36.6. The Morgan fingerprint density at radius 1 is 0.435 bits per heavy atom. The molecule has 0 aliphatic carbocycles. The van der Waals surface area contributed by atoms with Crippen LogP contribution in [0.1, 0.15) is 123 Å². The van der Waals surface area contributed by atoms with Gasteiger partial charge in [0.2, 0.25) is 11.8 Å². The molecule has 11 nitrogen and oxygen atoms in total. The Morgan fingerprint density at radius 2 is 0.674 bits per heavy atom. The minimum Gasteiger partial charge on any atom is -0.399 e. The van der Waals surface area contributed by atoms with Crippen LogP contribution in [0.4, 0.5) is 17.1 Å². The Bertz CT molecular complexity index is 1550. The van der Waals surface area contributed by atoms with Crippen molar-refractivity contribution in [3.05, 3.63) is 88.0 Å². The third-order valence-corrected chi connectivity index (χ3v) is 6.64. The largest absolute Gasteiger partial charge is 0.399 e. The standard InChI is InChI=1S/C25H26N2O6.C10H11NO2/c1-14(28)18-8-19(15(2)29)11-22(10-18)26-24(32)6-5-7-25(33)27-23-12-20(16(3)30)9-21(13-23)17(4)31;1-6(12)8-3-9(7(2)13)5-10(11)4-8/h8-13H,5-7H2,1-4H3,(H,26,32)(H,27,33);3-5H,11H2,1-2H3. The molecule has 0 aliphatic heterocycles. The van der Waals surface area contributed by atoms with Crippen LogP contribution in [-0.2, 0) is 9.59 Å². The van der Waals surface area contributed by atoms with Gasteiger partial charge in [-0.25, -0.2) is 0 Å². The maximum absolute atomic E-state index is 12.3. The lowest BCUT2D eigenvalue weighted by molar-refractivity contribution is -0.117. The average molecular weight is 628 g/mol. The molecule has 0 atom stereocenters. The van der Waals surface area contributed by atoms with Crippen LogP contribution in [0.3, 0.4) is 0 Å². The van der Waals surface area contributed by atoms with Crippen molar-refractivity contribution in [2.45, 2.75) is 60.8 Å². The monoisotopic (exact) mass is 627 g/mol. The van der Waals surface area contributed by atoms with Crippen molar-refractivity contribution in [3.63, 3.8) is 0 Å². The highest BCUT2D eigenvalue weighted by Gasteiger charge is 2.13. The lowest BCUT2D eigenvalue weighted by Gasteiger charge is -2.10. The molecule has 3 aromatic carbocycles. The first-order valence-electron chi connectivity index (χ1n) is 14.3. The molecule has 4 N–H and O–H groups in total. The summed E-state index contributed by atoms with van der Waals surface area (Å²) < 4.78 is 0. The second-order valence-corrected chi connectivity index (χ2v) is 10.7. The maximum Gasteiger partial charge on any atom is 0.224 e. The van der Waals surface area contributed by atoms with Crippen LogP contribution in [0.5, 0.6) is 0 Å². The summed E-state index contributed by atoms with van der Waals surface area (Å²) in [5, 5.41) is 5.29. The maximum atomic E-state index is 12.3. The molecular weight excluding hydrogens is 590 g/mol. The fourth-order valence-corrected chi connectivity index (χ4v) is 4.13. The normalized spacial score (nSPS) is 10.1. The van der Waals surface area contributed by atoms with Crippen LogP contribution in [0, 0.1) is 0 Å². The van der Waals surface area contributed by atoms with E-state index in [0.717, 1.165) is 0 Å². The number of carbonyl (C=O) groups excluding carboxylic acids is 8. The summed E-state index contributed by atoms with van der Waals surface area (Å²) in [6.07, 6.45) is 0.328. The second kappa shape index (κ2) is 16.5. The average Bonchev–Trinajstić information content (AvgIpc) is 2.96. The van der Waals surface area contributed by atoms with E-state index in [9.17, 15) is 38.4 Å². The number of nitrogen functional groups attached to an aromatic ring is 1.